The fourth-order valence-corrected chi connectivity index (χ4v) is 2.81. The molecule has 0 N–H and O–H groups in total. The van der Waals surface area contributed by atoms with Gasteiger partial charge in [-0.25, -0.2) is 9.79 Å². The number of cyclic esters (lactones) is 1. The third-order valence-corrected chi connectivity index (χ3v) is 4.26. The Morgan fingerprint density at radius 1 is 1.23 bits per heavy atom. The molecule has 8 nitrogen and oxygen atoms in total. The highest BCUT2D eigenvalue weighted by Gasteiger charge is 2.26. The molecule has 154 valence electrons. The highest BCUT2D eigenvalue weighted by Crippen LogP contribution is 2.31. The predicted molar refractivity (Wildman–Crippen MR) is 112 cm³/mol. The maximum Gasteiger partial charge on any atom is 0.363 e. The van der Waals surface area contributed by atoms with E-state index in [-0.39, 0.29) is 27.9 Å². The number of benzene rings is 2. The van der Waals surface area contributed by atoms with E-state index in [0.29, 0.717) is 30.3 Å². The quantitative estimate of drug-likeness (QED) is 0.201. The van der Waals surface area contributed by atoms with E-state index in [1.165, 1.54) is 24.3 Å². The van der Waals surface area contributed by atoms with Crippen LogP contribution in [0.15, 0.2) is 59.7 Å². The Balaban J connectivity index is 1.92. The number of rotatable bonds is 8. The summed E-state index contributed by atoms with van der Waals surface area (Å²) in [6.07, 6.45) is 3.15. The van der Waals surface area contributed by atoms with Crippen molar-refractivity contribution in [3.8, 4) is 11.5 Å². The van der Waals surface area contributed by atoms with Crippen LogP contribution in [-0.4, -0.2) is 30.0 Å². The van der Waals surface area contributed by atoms with Crippen LogP contribution in [0.5, 0.6) is 11.5 Å². The number of aliphatic imine (C=N–C) groups is 1. The minimum atomic E-state index is -0.674. The standard InChI is InChI=1S/C21H17ClN2O6/c1-3-9-29-18-8-5-13(11-19(18)28-4-2)10-16-21(25)30-20(23-16)14-6-7-15(22)17(12-14)24(26)27/h3,5-8,10-12H,1,4,9H2,2H3/b16-10-. The van der Waals surface area contributed by atoms with Gasteiger partial charge in [-0.2, -0.15) is 0 Å². The van der Waals surface area contributed by atoms with E-state index in [1.54, 1.807) is 24.3 Å². The van der Waals surface area contributed by atoms with Crippen molar-refractivity contribution in [3.63, 3.8) is 0 Å². The summed E-state index contributed by atoms with van der Waals surface area (Å²) in [5.74, 6) is 0.345. The van der Waals surface area contributed by atoms with Gasteiger partial charge in [0.15, 0.2) is 17.2 Å². The van der Waals surface area contributed by atoms with E-state index in [2.05, 4.69) is 11.6 Å². The van der Waals surface area contributed by atoms with Gasteiger partial charge >= 0.3 is 5.97 Å². The summed E-state index contributed by atoms with van der Waals surface area (Å²) >= 11 is 5.82. The van der Waals surface area contributed by atoms with Crippen LogP contribution in [0.2, 0.25) is 5.02 Å². The molecule has 0 fully saturated rings. The lowest BCUT2D eigenvalue weighted by atomic mass is 10.1. The summed E-state index contributed by atoms with van der Waals surface area (Å²) < 4.78 is 16.3. The first-order valence-electron chi connectivity index (χ1n) is 8.90. The van der Waals surface area contributed by atoms with Gasteiger partial charge in [-0.1, -0.05) is 30.3 Å². The Labute approximate surface area is 177 Å². The zero-order chi connectivity index (χ0) is 21.7. The van der Waals surface area contributed by atoms with Crippen molar-refractivity contribution in [2.75, 3.05) is 13.2 Å². The fourth-order valence-electron chi connectivity index (χ4n) is 2.63. The molecule has 2 aromatic carbocycles. The number of ether oxygens (including phenoxy) is 3. The first kappa shape index (κ1) is 21.1. The monoisotopic (exact) mass is 428 g/mol. The molecule has 1 aliphatic heterocycles. The Morgan fingerprint density at radius 2 is 2.03 bits per heavy atom. The van der Waals surface area contributed by atoms with Crippen molar-refractivity contribution in [3.05, 3.63) is 81.0 Å². The molecule has 0 saturated carbocycles. The van der Waals surface area contributed by atoms with Crippen LogP contribution in [0.4, 0.5) is 5.69 Å². The average molecular weight is 429 g/mol. The van der Waals surface area contributed by atoms with Gasteiger partial charge in [0.25, 0.3) is 5.69 Å². The molecule has 0 aromatic heterocycles. The molecule has 0 spiro atoms. The van der Waals surface area contributed by atoms with Crippen LogP contribution < -0.4 is 9.47 Å². The summed E-state index contributed by atoms with van der Waals surface area (Å²) in [6.45, 7) is 6.22. The third-order valence-electron chi connectivity index (χ3n) is 3.94. The maximum atomic E-state index is 12.2. The minimum absolute atomic E-state index is 0.0216. The molecular formula is C21H17ClN2O6. The van der Waals surface area contributed by atoms with E-state index >= 15 is 0 Å². The van der Waals surface area contributed by atoms with Crippen molar-refractivity contribution in [2.45, 2.75) is 6.92 Å². The Hall–Kier alpha value is -3.65. The lowest BCUT2D eigenvalue weighted by Gasteiger charge is -2.11. The SMILES string of the molecule is C=CCOc1ccc(/C=C2\N=C(c3ccc(Cl)c([N+](=O)[O-])c3)OC2=O)cc1OCC. The lowest BCUT2D eigenvalue weighted by molar-refractivity contribution is -0.384. The minimum Gasteiger partial charge on any atom is -0.490 e. The number of carbonyl (C=O) groups is 1. The van der Waals surface area contributed by atoms with Crippen molar-refractivity contribution < 1.29 is 23.9 Å². The normalized spacial score (nSPS) is 14.3. The van der Waals surface area contributed by atoms with Gasteiger partial charge in [0, 0.05) is 11.6 Å². The number of nitro benzene ring substituents is 1. The highest BCUT2D eigenvalue weighted by atomic mass is 35.5. The molecule has 0 saturated heterocycles. The van der Waals surface area contributed by atoms with E-state index in [9.17, 15) is 14.9 Å². The van der Waals surface area contributed by atoms with Gasteiger partial charge in [-0.3, -0.25) is 10.1 Å². The number of esters is 1. The average Bonchev–Trinajstić information content (AvgIpc) is 3.08. The Morgan fingerprint density at radius 3 is 2.73 bits per heavy atom. The number of hydrogen-bond donors (Lipinski definition) is 0. The molecule has 1 heterocycles. The van der Waals surface area contributed by atoms with Crippen molar-refractivity contribution in [1.82, 2.24) is 0 Å². The number of nitro groups is 1. The van der Waals surface area contributed by atoms with Crippen molar-refractivity contribution in [1.29, 1.82) is 0 Å². The van der Waals surface area contributed by atoms with E-state index in [4.69, 9.17) is 25.8 Å². The Kier molecular flexibility index (Phi) is 6.48. The van der Waals surface area contributed by atoms with Gasteiger partial charge in [0.1, 0.15) is 11.6 Å². The summed E-state index contributed by atoms with van der Waals surface area (Å²) in [5.41, 5.74) is 0.654. The van der Waals surface area contributed by atoms with Crippen molar-refractivity contribution in [2.24, 2.45) is 4.99 Å². The fraction of sp³-hybridized carbons (Fsp3) is 0.143. The highest BCUT2D eigenvalue weighted by molar-refractivity contribution is 6.32. The molecule has 30 heavy (non-hydrogen) atoms. The third kappa shape index (κ3) is 4.66. The van der Waals surface area contributed by atoms with Crippen LogP contribution in [0.25, 0.3) is 6.08 Å². The first-order valence-corrected chi connectivity index (χ1v) is 9.28. The second kappa shape index (κ2) is 9.23. The molecule has 9 heteroatoms. The topological polar surface area (TPSA) is 100 Å². The van der Waals surface area contributed by atoms with Crippen LogP contribution in [0, 0.1) is 10.1 Å². The van der Waals surface area contributed by atoms with Gasteiger partial charge < -0.3 is 14.2 Å². The van der Waals surface area contributed by atoms with Crippen molar-refractivity contribution >= 4 is 35.2 Å². The molecule has 1 aliphatic rings. The lowest BCUT2D eigenvalue weighted by Crippen LogP contribution is -2.06. The second-order valence-corrected chi connectivity index (χ2v) is 6.41. The second-order valence-electron chi connectivity index (χ2n) is 6.00. The molecule has 0 radical (unpaired) electrons. The number of hydrogen-bond acceptors (Lipinski definition) is 7. The summed E-state index contributed by atoms with van der Waals surface area (Å²) in [5, 5.41) is 11.1. The summed E-state index contributed by atoms with van der Waals surface area (Å²) in [4.78, 5) is 26.9. The molecule has 0 unspecified atom stereocenters. The van der Waals surface area contributed by atoms with Crippen LogP contribution in [0.3, 0.4) is 0 Å². The molecule has 0 atom stereocenters. The molecule has 3 rings (SSSR count). The van der Waals surface area contributed by atoms with Crippen LogP contribution in [0.1, 0.15) is 18.1 Å². The maximum absolute atomic E-state index is 12.2. The zero-order valence-electron chi connectivity index (χ0n) is 16.0. The number of halogens is 1. The largest absolute Gasteiger partial charge is 0.490 e. The molecule has 0 amide bonds. The Bertz CT molecular complexity index is 1080. The van der Waals surface area contributed by atoms with Gasteiger partial charge in [0.2, 0.25) is 5.90 Å². The number of nitrogens with zero attached hydrogens (tertiary/aromatic N) is 2. The van der Waals surface area contributed by atoms with Crippen LogP contribution in [-0.2, 0) is 9.53 Å². The van der Waals surface area contributed by atoms with Crippen LogP contribution >= 0.6 is 11.6 Å². The van der Waals surface area contributed by atoms with E-state index in [1.807, 2.05) is 6.92 Å². The van der Waals surface area contributed by atoms with E-state index in [0.717, 1.165) is 0 Å². The number of carbonyl (C=O) groups excluding carboxylic acids is 1. The zero-order valence-corrected chi connectivity index (χ0v) is 16.7. The van der Waals surface area contributed by atoms with Gasteiger partial charge in [-0.05, 0) is 42.8 Å². The molecule has 0 aliphatic carbocycles. The van der Waals surface area contributed by atoms with Gasteiger partial charge in [-0.15, -0.1) is 0 Å². The smallest absolute Gasteiger partial charge is 0.363 e. The molecular weight excluding hydrogens is 412 g/mol. The first-order chi connectivity index (χ1) is 14.4. The summed E-state index contributed by atoms with van der Waals surface area (Å²) in [7, 11) is 0. The predicted octanol–water partition coefficient (Wildman–Crippen LogP) is 4.56. The molecule has 0 bridgehead atoms. The van der Waals surface area contributed by atoms with Gasteiger partial charge in [0.05, 0.1) is 11.5 Å². The van der Waals surface area contributed by atoms with E-state index < -0.39 is 10.9 Å². The summed E-state index contributed by atoms with van der Waals surface area (Å²) in [6, 6.07) is 9.21. The molecule has 2 aromatic rings.